The zero-order chi connectivity index (χ0) is 20.2. The number of benzene rings is 1. The van der Waals surface area contributed by atoms with E-state index in [1.54, 1.807) is 19.1 Å². The first-order valence-electron chi connectivity index (χ1n) is 10.2. The number of nitrogens with zero attached hydrogens (tertiary/aromatic N) is 3. The molecule has 8 heteroatoms. The number of nitrogens with one attached hydrogen (secondary N) is 1. The van der Waals surface area contributed by atoms with Gasteiger partial charge in [0.15, 0.2) is 17.5 Å². The highest BCUT2D eigenvalue weighted by Gasteiger charge is 2.22. The van der Waals surface area contributed by atoms with Crippen molar-refractivity contribution in [2.75, 3.05) is 47.4 Å². The molecule has 2 aliphatic heterocycles. The van der Waals surface area contributed by atoms with Crippen LogP contribution in [0.4, 0.5) is 0 Å². The van der Waals surface area contributed by atoms with E-state index in [0.717, 1.165) is 63.1 Å². The maximum Gasteiger partial charge on any atom is 0.194 e. The van der Waals surface area contributed by atoms with E-state index in [2.05, 4.69) is 43.7 Å². The number of halogens is 1. The molecule has 0 radical (unpaired) electrons. The number of rotatable bonds is 5. The van der Waals surface area contributed by atoms with Crippen LogP contribution in [0.3, 0.4) is 0 Å². The number of fused-ring (bicyclic) bond motifs is 2. The molecule has 0 spiro atoms. The summed E-state index contributed by atoms with van der Waals surface area (Å²) in [4.78, 5) is 10.9. The molecule has 30 heavy (non-hydrogen) atoms. The Morgan fingerprint density at radius 2 is 1.83 bits per heavy atom. The summed E-state index contributed by atoms with van der Waals surface area (Å²) in [6.07, 6.45) is 2.15. The molecule has 0 bridgehead atoms. The van der Waals surface area contributed by atoms with Crippen molar-refractivity contribution in [1.29, 1.82) is 0 Å². The van der Waals surface area contributed by atoms with Gasteiger partial charge >= 0.3 is 0 Å². The molecule has 3 heterocycles. The molecule has 164 valence electrons. The first-order valence-corrected chi connectivity index (χ1v) is 11.1. The molecule has 1 N–H and O–H groups in total. The van der Waals surface area contributed by atoms with Gasteiger partial charge in [-0.2, -0.15) is 0 Å². The van der Waals surface area contributed by atoms with Gasteiger partial charge in [-0.05, 0) is 53.1 Å². The zero-order valence-electron chi connectivity index (χ0n) is 17.9. The maximum atomic E-state index is 5.48. The molecule has 0 aliphatic carbocycles. The minimum atomic E-state index is 0. The maximum absolute atomic E-state index is 5.48. The van der Waals surface area contributed by atoms with E-state index in [1.165, 1.54) is 23.1 Å². The summed E-state index contributed by atoms with van der Waals surface area (Å²) in [5.74, 6) is 2.56. The van der Waals surface area contributed by atoms with E-state index in [1.807, 2.05) is 18.4 Å². The molecule has 0 fully saturated rings. The number of hydrogen-bond donors (Lipinski definition) is 1. The number of aliphatic imine (C=N–C) groups is 1. The second-order valence-electron chi connectivity index (χ2n) is 7.52. The van der Waals surface area contributed by atoms with Crippen LogP contribution in [0.15, 0.2) is 28.6 Å². The summed E-state index contributed by atoms with van der Waals surface area (Å²) in [5, 5.41) is 5.78. The summed E-state index contributed by atoms with van der Waals surface area (Å²) in [5.41, 5.74) is 4.11. The molecule has 2 aliphatic rings. The van der Waals surface area contributed by atoms with Crippen molar-refractivity contribution in [1.82, 2.24) is 15.1 Å². The van der Waals surface area contributed by atoms with Crippen LogP contribution in [0.5, 0.6) is 11.5 Å². The Bertz CT molecular complexity index is 886. The van der Waals surface area contributed by atoms with Crippen molar-refractivity contribution < 1.29 is 9.47 Å². The molecule has 2 aromatic rings. The summed E-state index contributed by atoms with van der Waals surface area (Å²) < 4.78 is 10.9. The first kappa shape index (κ1) is 23.1. The van der Waals surface area contributed by atoms with Gasteiger partial charge in [0.25, 0.3) is 0 Å². The largest absolute Gasteiger partial charge is 0.493 e. The molecule has 4 rings (SSSR count). The zero-order valence-corrected chi connectivity index (χ0v) is 21.1. The van der Waals surface area contributed by atoms with Crippen LogP contribution in [0.1, 0.15) is 21.6 Å². The van der Waals surface area contributed by atoms with Gasteiger partial charge in [0.05, 0.1) is 14.2 Å². The highest BCUT2D eigenvalue weighted by molar-refractivity contribution is 14.0. The predicted octanol–water partition coefficient (Wildman–Crippen LogP) is 3.38. The fourth-order valence-electron chi connectivity index (χ4n) is 4.22. The van der Waals surface area contributed by atoms with Gasteiger partial charge in [-0.15, -0.1) is 35.3 Å². The van der Waals surface area contributed by atoms with Gasteiger partial charge in [-0.3, -0.25) is 9.89 Å². The van der Waals surface area contributed by atoms with Gasteiger partial charge in [0.2, 0.25) is 0 Å². The molecule has 0 saturated carbocycles. The fourth-order valence-corrected chi connectivity index (χ4v) is 5.11. The number of methoxy groups -OCH3 is 2. The van der Waals surface area contributed by atoms with E-state index in [0.29, 0.717) is 0 Å². The molecule has 0 amide bonds. The topological polar surface area (TPSA) is 49.3 Å². The Morgan fingerprint density at radius 3 is 2.57 bits per heavy atom. The van der Waals surface area contributed by atoms with Crippen molar-refractivity contribution in [3.8, 4) is 11.5 Å². The molecule has 1 aromatic heterocycles. The third kappa shape index (κ3) is 5.03. The number of hydrogen-bond acceptors (Lipinski definition) is 5. The van der Waals surface area contributed by atoms with Crippen LogP contribution in [0.2, 0.25) is 0 Å². The van der Waals surface area contributed by atoms with Crippen molar-refractivity contribution >= 4 is 41.3 Å². The number of thiophene rings is 1. The van der Waals surface area contributed by atoms with Crippen LogP contribution < -0.4 is 14.8 Å². The standard InChI is InChI=1S/C22H30N4O2S.HI/c1-23-22(24-7-10-25-8-5-21-17(14-25)6-11-29-21)26-9-4-16-12-19(27-2)20(28-3)13-18(16)15-26;/h6,11-13H,4-5,7-10,14-15H2,1-3H3,(H,23,24);1H. The van der Waals surface area contributed by atoms with Crippen LogP contribution in [-0.4, -0.2) is 63.2 Å². The van der Waals surface area contributed by atoms with Crippen molar-refractivity contribution in [2.45, 2.75) is 25.9 Å². The van der Waals surface area contributed by atoms with Crippen LogP contribution in [-0.2, 0) is 25.9 Å². The molecule has 0 saturated heterocycles. The lowest BCUT2D eigenvalue weighted by molar-refractivity contribution is 0.258. The molecule has 0 atom stereocenters. The molecule has 6 nitrogen and oxygen atoms in total. The minimum Gasteiger partial charge on any atom is -0.493 e. The Balaban J connectivity index is 0.00000256. The Labute approximate surface area is 200 Å². The highest BCUT2D eigenvalue weighted by atomic mass is 127. The average Bonchev–Trinajstić information content (AvgIpc) is 3.23. The summed E-state index contributed by atoms with van der Waals surface area (Å²) in [6.45, 7) is 5.93. The van der Waals surface area contributed by atoms with Crippen LogP contribution in [0, 0.1) is 0 Å². The first-order chi connectivity index (χ1) is 14.2. The molecular weight excluding hydrogens is 511 g/mol. The van der Waals surface area contributed by atoms with Crippen molar-refractivity contribution in [2.24, 2.45) is 4.99 Å². The quantitative estimate of drug-likeness (QED) is 0.357. The van der Waals surface area contributed by atoms with Crippen molar-refractivity contribution in [3.05, 3.63) is 45.1 Å². The monoisotopic (exact) mass is 542 g/mol. The normalized spacial score (nSPS) is 16.4. The van der Waals surface area contributed by atoms with E-state index >= 15 is 0 Å². The lowest BCUT2D eigenvalue weighted by Crippen LogP contribution is -2.46. The van der Waals surface area contributed by atoms with Crippen LogP contribution in [0.25, 0.3) is 0 Å². The SMILES string of the molecule is CN=C(NCCN1CCc2sccc2C1)N1CCc2cc(OC)c(OC)cc2C1.I. The van der Waals surface area contributed by atoms with Gasteiger partial charge in [-0.1, -0.05) is 0 Å². The third-order valence-electron chi connectivity index (χ3n) is 5.83. The minimum absolute atomic E-state index is 0. The molecule has 0 unspecified atom stereocenters. The van der Waals surface area contributed by atoms with Gasteiger partial charge in [-0.25, -0.2) is 0 Å². The van der Waals surface area contributed by atoms with Gasteiger partial charge < -0.3 is 19.7 Å². The Hall–Kier alpha value is -1.52. The van der Waals surface area contributed by atoms with E-state index in [4.69, 9.17) is 9.47 Å². The molecular formula is C22H31IN4O2S. The highest BCUT2D eigenvalue weighted by Crippen LogP contribution is 2.33. The predicted molar refractivity (Wildman–Crippen MR) is 134 cm³/mol. The van der Waals surface area contributed by atoms with E-state index in [-0.39, 0.29) is 24.0 Å². The fraction of sp³-hybridized carbons (Fsp3) is 0.500. The average molecular weight is 542 g/mol. The molecule has 1 aromatic carbocycles. The van der Waals surface area contributed by atoms with Gasteiger partial charge in [0, 0.05) is 51.2 Å². The van der Waals surface area contributed by atoms with Crippen LogP contribution >= 0.6 is 35.3 Å². The summed E-state index contributed by atoms with van der Waals surface area (Å²) in [6, 6.07) is 6.48. The van der Waals surface area contributed by atoms with Crippen molar-refractivity contribution in [3.63, 3.8) is 0 Å². The second-order valence-corrected chi connectivity index (χ2v) is 8.52. The third-order valence-corrected chi connectivity index (χ3v) is 6.85. The summed E-state index contributed by atoms with van der Waals surface area (Å²) >= 11 is 1.89. The number of ether oxygens (including phenoxy) is 2. The Kier molecular flexibility index (Phi) is 8.24. The number of guanidine groups is 1. The lowest BCUT2D eigenvalue weighted by Gasteiger charge is -2.33. The summed E-state index contributed by atoms with van der Waals surface area (Å²) in [7, 11) is 5.24. The van der Waals surface area contributed by atoms with Gasteiger partial charge in [0.1, 0.15) is 0 Å². The van der Waals surface area contributed by atoms with E-state index < -0.39 is 0 Å². The lowest BCUT2D eigenvalue weighted by atomic mass is 9.99. The van der Waals surface area contributed by atoms with E-state index in [9.17, 15) is 0 Å². The second kappa shape index (κ2) is 10.7. The Morgan fingerprint density at radius 1 is 1.07 bits per heavy atom. The smallest absolute Gasteiger partial charge is 0.194 e.